The molecule has 1 atom stereocenters. The average molecular weight is 570 g/mol. The fraction of sp³-hybridized carbons (Fsp3) is 0.538. The number of rotatable bonds is 7. The van der Waals surface area contributed by atoms with Gasteiger partial charge >= 0.3 is 12.2 Å². The van der Waals surface area contributed by atoms with E-state index in [0.29, 0.717) is 49.8 Å². The van der Waals surface area contributed by atoms with E-state index in [1.807, 2.05) is 24.0 Å². The molecule has 2 fully saturated rings. The molecule has 2 aliphatic heterocycles. The SMILES string of the molecule is Cc1ccc(NC(=O)N2CCC(CC(F)(F)F)C2)cc1-c1cc(NS(=O)(=O)C(C)C)nc(N2CCOCC2)c1. The summed E-state index contributed by atoms with van der Waals surface area (Å²) in [5.41, 5.74) is 2.82. The molecule has 1 aromatic heterocycles. The summed E-state index contributed by atoms with van der Waals surface area (Å²) in [6.07, 6.45) is -4.85. The molecule has 9 nitrogen and oxygen atoms in total. The van der Waals surface area contributed by atoms with Gasteiger partial charge in [0, 0.05) is 38.3 Å². The number of likely N-dealkylation sites (tertiary alicyclic amines) is 1. The zero-order chi connectivity index (χ0) is 28.4. The van der Waals surface area contributed by atoms with Crippen LogP contribution in [0.2, 0.25) is 0 Å². The van der Waals surface area contributed by atoms with Gasteiger partial charge in [-0.1, -0.05) is 6.07 Å². The molecular formula is C26H34F3N5O4S. The third-order valence-corrected chi connectivity index (χ3v) is 8.64. The van der Waals surface area contributed by atoms with Gasteiger partial charge in [0.2, 0.25) is 10.0 Å². The number of benzene rings is 1. The summed E-state index contributed by atoms with van der Waals surface area (Å²) in [6, 6.07) is 8.40. The fourth-order valence-corrected chi connectivity index (χ4v) is 5.30. The number of nitrogens with zero attached hydrogens (tertiary/aromatic N) is 3. The minimum Gasteiger partial charge on any atom is -0.378 e. The number of carbonyl (C=O) groups excluding carboxylic acids is 1. The van der Waals surface area contributed by atoms with Crippen molar-refractivity contribution in [3.63, 3.8) is 0 Å². The number of amides is 2. The van der Waals surface area contributed by atoms with Crippen molar-refractivity contribution in [3.8, 4) is 11.1 Å². The van der Waals surface area contributed by atoms with Crippen LogP contribution in [0.3, 0.4) is 0 Å². The maximum Gasteiger partial charge on any atom is 0.389 e. The molecule has 1 aromatic carbocycles. The van der Waals surface area contributed by atoms with Gasteiger partial charge in [-0.2, -0.15) is 13.2 Å². The lowest BCUT2D eigenvalue weighted by atomic mass is 10.00. The van der Waals surface area contributed by atoms with Crippen LogP contribution in [0.4, 0.5) is 35.3 Å². The molecule has 2 N–H and O–H groups in total. The topological polar surface area (TPSA) is 104 Å². The van der Waals surface area contributed by atoms with Gasteiger partial charge in [0.05, 0.1) is 18.5 Å². The third kappa shape index (κ3) is 7.53. The van der Waals surface area contributed by atoms with Crippen LogP contribution < -0.4 is 14.9 Å². The molecule has 0 spiro atoms. The molecule has 2 saturated heterocycles. The number of sulfonamides is 1. The van der Waals surface area contributed by atoms with Crippen molar-refractivity contribution in [2.45, 2.75) is 45.0 Å². The van der Waals surface area contributed by atoms with Gasteiger partial charge in [-0.25, -0.2) is 18.2 Å². The fourth-order valence-electron chi connectivity index (χ4n) is 4.67. The molecule has 0 saturated carbocycles. The zero-order valence-corrected chi connectivity index (χ0v) is 23.0. The van der Waals surface area contributed by atoms with E-state index in [2.05, 4.69) is 15.0 Å². The van der Waals surface area contributed by atoms with Gasteiger partial charge in [-0.05, 0) is 74.1 Å². The van der Waals surface area contributed by atoms with E-state index in [9.17, 15) is 26.4 Å². The standard InChI is InChI=1S/C26H34F3N5O4S/c1-17(2)39(36,37)32-23-12-20(13-24(31-23)33-8-10-38-11-9-33)22-14-21(5-4-18(22)3)30-25(35)34-7-6-19(16-34)15-26(27,28)29/h4-5,12-14,17,19H,6-11,15-16H2,1-3H3,(H,30,35)(H,31,32). The molecular weight excluding hydrogens is 535 g/mol. The summed E-state index contributed by atoms with van der Waals surface area (Å²) in [7, 11) is -3.65. The van der Waals surface area contributed by atoms with Crippen LogP contribution in [0, 0.1) is 12.8 Å². The number of anilines is 3. The van der Waals surface area contributed by atoms with Crippen molar-refractivity contribution in [1.29, 1.82) is 0 Å². The molecule has 214 valence electrons. The maximum atomic E-state index is 12.8. The van der Waals surface area contributed by atoms with E-state index in [1.165, 1.54) is 4.90 Å². The van der Waals surface area contributed by atoms with E-state index in [4.69, 9.17) is 4.74 Å². The quantitative estimate of drug-likeness (QED) is 0.494. The number of morpholine rings is 1. The number of alkyl halides is 3. The van der Waals surface area contributed by atoms with E-state index in [-0.39, 0.29) is 18.9 Å². The minimum absolute atomic E-state index is 0.0523. The van der Waals surface area contributed by atoms with Gasteiger partial charge in [0.1, 0.15) is 11.6 Å². The number of pyridine rings is 1. The van der Waals surface area contributed by atoms with Crippen molar-refractivity contribution in [3.05, 3.63) is 35.9 Å². The van der Waals surface area contributed by atoms with Crippen LogP contribution in [0.25, 0.3) is 11.1 Å². The monoisotopic (exact) mass is 569 g/mol. The van der Waals surface area contributed by atoms with Crippen LogP contribution in [-0.2, 0) is 14.8 Å². The van der Waals surface area contributed by atoms with E-state index in [1.54, 1.807) is 32.0 Å². The van der Waals surface area contributed by atoms with Crippen LogP contribution in [0.5, 0.6) is 0 Å². The van der Waals surface area contributed by atoms with Crippen molar-refractivity contribution in [2.24, 2.45) is 5.92 Å². The Labute approximate surface area is 226 Å². The Balaban J connectivity index is 1.60. The first kappa shape index (κ1) is 28.9. The van der Waals surface area contributed by atoms with Crippen molar-refractivity contribution in [1.82, 2.24) is 9.88 Å². The molecule has 13 heteroatoms. The van der Waals surface area contributed by atoms with Crippen molar-refractivity contribution >= 4 is 33.4 Å². The highest BCUT2D eigenvalue weighted by molar-refractivity contribution is 7.93. The Kier molecular flexibility index (Phi) is 8.60. The van der Waals surface area contributed by atoms with E-state index < -0.39 is 39.8 Å². The first-order valence-corrected chi connectivity index (χ1v) is 14.5. The smallest absolute Gasteiger partial charge is 0.378 e. The average Bonchev–Trinajstić information content (AvgIpc) is 3.32. The third-order valence-electron chi connectivity index (χ3n) is 6.91. The van der Waals surface area contributed by atoms with Gasteiger partial charge in [-0.3, -0.25) is 4.72 Å². The van der Waals surface area contributed by atoms with Crippen molar-refractivity contribution < 1.29 is 31.1 Å². The lowest BCUT2D eigenvalue weighted by molar-refractivity contribution is -0.143. The highest BCUT2D eigenvalue weighted by Crippen LogP contribution is 2.33. The number of ether oxygens (including phenoxy) is 1. The summed E-state index contributed by atoms with van der Waals surface area (Å²) < 4.78 is 71.5. The second kappa shape index (κ2) is 11.6. The largest absolute Gasteiger partial charge is 0.389 e. The number of hydrogen-bond donors (Lipinski definition) is 2. The van der Waals surface area contributed by atoms with Crippen LogP contribution in [0.15, 0.2) is 30.3 Å². The zero-order valence-electron chi connectivity index (χ0n) is 22.2. The number of urea groups is 1. The van der Waals surface area contributed by atoms with Crippen LogP contribution in [-0.4, -0.2) is 75.2 Å². The Morgan fingerprint density at radius 2 is 1.87 bits per heavy atom. The first-order chi connectivity index (χ1) is 18.3. The molecule has 1 unspecified atom stereocenters. The molecule has 3 heterocycles. The molecule has 2 aromatic rings. The molecule has 39 heavy (non-hydrogen) atoms. The molecule has 0 aliphatic carbocycles. The summed E-state index contributed by atoms with van der Waals surface area (Å²) >= 11 is 0. The predicted octanol–water partition coefficient (Wildman–Crippen LogP) is 4.85. The van der Waals surface area contributed by atoms with Gasteiger partial charge in [0.15, 0.2) is 0 Å². The minimum atomic E-state index is -4.25. The summed E-state index contributed by atoms with van der Waals surface area (Å²) in [4.78, 5) is 20.8. The van der Waals surface area contributed by atoms with Crippen LogP contribution >= 0.6 is 0 Å². The Bertz CT molecular complexity index is 1300. The Hall–Kier alpha value is -3.06. The number of aryl methyl sites for hydroxylation is 1. The predicted molar refractivity (Wildman–Crippen MR) is 144 cm³/mol. The molecule has 0 radical (unpaired) electrons. The normalized spacial score (nSPS) is 18.5. The highest BCUT2D eigenvalue weighted by atomic mass is 32.2. The lowest BCUT2D eigenvalue weighted by Gasteiger charge is -2.28. The van der Waals surface area contributed by atoms with E-state index >= 15 is 0 Å². The first-order valence-electron chi connectivity index (χ1n) is 12.9. The summed E-state index contributed by atoms with van der Waals surface area (Å²) in [6.45, 7) is 7.64. The molecule has 4 rings (SSSR count). The van der Waals surface area contributed by atoms with Gasteiger partial charge in [0.25, 0.3) is 0 Å². The summed E-state index contributed by atoms with van der Waals surface area (Å²) in [5, 5.41) is 2.15. The second-order valence-corrected chi connectivity index (χ2v) is 12.5. The second-order valence-electron chi connectivity index (χ2n) is 10.3. The Morgan fingerprint density at radius 1 is 1.15 bits per heavy atom. The van der Waals surface area contributed by atoms with Crippen molar-refractivity contribution in [2.75, 3.05) is 54.3 Å². The molecule has 2 aliphatic rings. The maximum absolute atomic E-state index is 12.8. The lowest BCUT2D eigenvalue weighted by Crippen LogP contribution is -2.37. The van der Waals surface area contributed by atoms with Crippen LogP contribution in [0.1, 0.15) is 32.3 Å². The number of nitrogens with one attached hydrogen (secondary N) is 2. The number of carbonyl (C=O) groups is 1. The number of halogens is 3. The van der Waals surface area contributed by atoms with Gasteiger partial charge in [-0.15, -0.1) is 0 Å². The number of hydrogen-bond acceptors (Lipinski definition) is 6. The molecule has 2 amide bonds. The highest BCUT2D eigenvalue weighted by Gasteiger charge is 2.36. The Morgan fingerprint density at radius 3 is 2.54 bits per heavy atom. The number of aromatic nitrogens is 1. The molecule has 0 bridgehead atoms. The van der Waals surface area contributed by atoms with E-state index in [0.717, 1.165) is 11.1 Å². The van der Waals surface area contributed by atoms with Gasteiger partial charge < -0.3 is 19.9 Å². The summed E-state index contributed by atoms with van der Waals surface area (Å²) in [5.74, 6) is 0.177.